The summed E-state index contributed by atoms with van der Waals surface area (Å²) >= 11 is 0. The summed E-state index contributed by atoms with van der Waals surface area (Å²) in [7, 11) is 1.82. The molecule has 0 bridgehead atoms. The standard InChI is InChI=1S/C13H12N2O3/c1-15-6-2-3-9(8-15)13(18)14-10-4-5-11(16)12(17)7-10/h2-8H,1H3,(H2-,14,16,17,18)/p+1. The van der Waals surface area contributed by atoms with Crippen molar-refractivity contribution in [3.8, 4) is 11.5 Å². The van der Waals surface area contributed by atoms with E-state index in [1.165, 1.54) is 18.2 Å². The summed E-state index contributed by atoms with van der Waals surface area (Å²) in [5, 5.41) is 21.1. The molecule has 18 heavy (non-hydrogen) atoms. The van der Waals surface area contributed by atoms with E-state index >= 15 is 0 Å². The highest BCUT2D eigenvalue weighted by Gasteiger charge is 2.10. The molecule has 5 heteroatoms. The number of carbonyl (C=O) groups is 1. The largest absolute Gasteiger partial charge is 0.504 e. The van der Waals surface area contributed by atoms with Crippen molar-refractivity contribution in [2.75, 3.05) is 5.32 Å². The molecule has 0 aliphatic rings. The zero-order valence-electron chi connectivity index (χ0n) is 9.79. The number of phenols is 2. The molecular weight excluding hydrogens is 232 g/mol. The van der Waals surface area contributed by atoms with Gasteiger partial charge in [-0.05, 0) is 18.2 Å². The molecular formula is C13H13N2O3+. The van der Waals surface area contributed by atoms with E-state index in [0.717, 1.165) is 0 Å². The molecule has 2 rings (SSSR count). The van der Waals surface area contributed by atoms with Gasteiger partial charge in [0.15, 0.2) is 23.9 Å². The Morgan fingerprint density at radius 2 is 2.00 bits per heavy atom. The Hall–Kier alpha value is -2.56. The fraction of sp³-hybridized carbons (Fsp3) is 0.0769. The van der Waals surface area contributed by atoms with E-state index in [0.29, 0.717) is 11.3 Å². The highest BCUT2D eigenvalue weighted by molar-refractivity contribution is 6.04. The van der Waals surface area contributed by atoms with Crippen LogP contribution in [-0.2, 0) is 7.05 Å². The zero-order valence-corrected chi connectivity index (χ0v) is 9.79. The second-order valence-corrected chi connectivity index (χ2v) is 3.92. The first kappa shape index (κ1) is 11.9. The molecule has 0 saturated heterocycles. The Balaban J connectivity index is 2.18. The fourth-order valence-electron chi connectivity index (χ4n) is 1.53. The molecule has 3 N–H and O–H groups in total. The van der Waals surface area contributed by atoms with Gasteiger partial charge in [-0.25, -0.2) is 4.57 Å². The maximum absolute atomic E-state index is 11.9. The predicted molar refractivity (Wildman–Crippen MR) is 65.3 cm³/mol. The van der Waals surface area contributed by atoms with Crippen molar-refractivity contribution in [3.05, 3.63) is 48.3 Å². The first-order valence-corrected chi connectivity index (χ1v) is 5.35. The Labute approximate surface area is 104 Å². The second kappa shape index (κ2) is 4.75. The number of phenolic OH excluding ortho intramolecular Hbond substituents is 2. The van der Waals surface area contributed by atoms with Gasteiger partial charge in [-0.1, -0.05) is 0 Å². The van der Waals surface area contributed by atoms with E-state index in [1.54, 1.807) is 22.9 Å². The maximum Gasteiger partial charge on any atom is 0.261 e. The van der Waals surface area contributed by atoms with Crippen LogP contribution < -0.4 is 9.88 Å². The maximum atomic E-state index is 11.9. The molecule has 0 spiro atoms. The van der Waals surface area contributed by atoms with Crippen LogP contribution in [0.5, 0.6) is 11.5 Å². The molecule has 0 unspecified atom stereocenters. The molecule has 0 radical (unpaired) electrons. The molecule has 0 aliphatic carbocycles. The summed E-state index contributed by atoms with van der Waals surface area (Å²) in [5.74, 6) is -0.776. The van der Waals surface area contributed by atoms with E-state index in [-0.39, 0.29) is 17.4 Å². The van der Waals surface area contributed by atoms with Crippen LogP contribution >= 0.6 is 0 Å². The highest BCUT2D eigenvalue weighted by atomic mass is 16.3. The number of rotatable bonds is 2. The number of anilines is 1. The van der Waals surface area contributed by atoms with Crippen molar-refractivity contribution in [2.24, 2.45) is 7.05 Å². The quantitative estimate of drug-likeness (QED) is 0.422. The highest BCUT2D eigenvalue weighted by Crippen LogP contribution is 2.27. The fourth-order valence-corrected chi connectivity index (χ4v) is 1.53. The van der Waals surface area contributed by atoms with Crippen LogP contribution in [0.1, 0.15) is 10.4 Å². The van der Waals surface area contributed by atoms with Gasteiger partial charge in [0, 0.05) is 17.8 Å². The minimum Gasteiger partial charge on any atom is -0.504 e. The number of nitrogens with one attached hydrogen (secondary N) is 1. The average molecular weight is 245 g/mol. The summed E-state index contributed by atoms with van der Waals surface area (Å²) in [6, 6.07) is 7.57. The summed E-state index contributed by atoms with van der Waals surface area (Å²) in [4.78, 5) is 11.9. The number of carbonyl (C=O) groups excluding carboxylic acids is 1. The lowest BCUT2D eigenvalue weighted by molar-refractivity contribution is -0.671. The predicted octanol–water partition coefficient (Wildman–Crippen LogP) is 1.17. The molecule has 5 nitrogen and oxygen atoms in total. The monoisotopic (exact) mass is 245 g/mol. The Morgan fingerprint density at radius 3 is 2.67 bits per heavy atom. The lowest BCUT2D eigenvalue weighted by Crippen LogP contribution is -2.28. The smallest absolute Gasteiger partial charge is 0.261 e. The molecule has 1 amide bonds. The number of aromatic hydroxyl groups is 2. The molecule has 1 aromatic heterocycles. The number of benzene rings is 1. The van der Waals surface area contributed by atoms with Crippen LogP contribution in [-0.4, -0.2) is 16.1 Å². The van der Waals surface area contributed by atoms with Gasteiger partial charge in [-0.15, -0.1) is 0 Å². The third-order valence-electron chi connectivity index (χ3n) is 2.44. The number of aromatic nitrogens is 1. The first-order chi connectivity index (χ1) is 8.56. The van der Waals surface area contributed by atoms with Gasteiger partial charge < -0.3 is 15.5 Å². The molecule has 0 aliphatic heterocycles. The number of hydrogen-bond donors (Lipinski definition) is 3. The van der Waals surface area contributed by atoms with Crippen molar-refractivity contribution in [1.82, 2.24) is 0 Å². The van der Waals surface area contributed by atoms with Crippen LogP contribution in [0.15, 0.2) is 42.7 Å². The van der Waals surface area contributed by atoms with Gasteiger partial charge >= 0.3 is 0 Å². The van der Waals surface area contributed by atoms with Gasteiger partial charge in [0.05, 0.1) is 0 Å². The van der Waals surface area contributed by atoms with Gasteiger partial charge in [0.2, 0.25) is 0 Å². The van der Waals surface area contributed by atoms with E-state index in [1.807, 2.05) is 13.2 Å². The van der Waals surface area contributed by atoms with E-state index in [9.17, 15) is 9.90 Å². The number of aryl methyl sites for hydroxylation is 1. The summed E-state index contributed by atoms with van der Waals surface area (Å²) in [6.45, 7) is 0. The van der Waals surface area contributed by atoms with Gasteiger partial charge in [0.1, 0.15) is 12.6 Å². The summed E-state index contributed by atoms with van der Waals surface area (Å²) in [6.07, 6.45) is 3.51. The lowest BCUT2D eigenvalue weighted by Gasteiger charge is -2.05. The lowest BCUT2D eigenvalue weighted by atomic mass is 10.2. The molecule has 1 aromatic carbocycles. The normalized spacial score (nSPS) is 10.1. The van der Waals surface area contributed by atoms with Crippen molar-refractivity contribution >= 4 is 11.6 Å². The van der Waals surface area contributed by atoms with Gasteiger partial charge in [-0.3, -0.25) is 4.79 Å². The number of amides is 1. The third-order valence-corrected chi connectivity index (χ3v) is 2.44. The second-order valence-electron chi connectivity index (χ2n) is 3.92. The van der Waals surface area contributed by atoms with E-state index in [2.05, 4.69) is 5.32 Å². The molecule has 0 fully saturated rings. The number of nitrogens with zero attached hydrogens (tertiary/aromatic N) is 1. The van der Waals surface area contributed by atoms with Gasteiger partial charge in [0.25, 0.3) is 5.91 Å². The van der Waals surface area contributed by atoms with Crippen molar-refractivity contribution in [2.45, 2.75) is 0 Å². The molecule has 0 atom stereocenters. The van der Waals surface area contributed by atoms with Crippen LogP contribution in [0, 0.1) is 0 Å². The topological polar surface area (TPSA) is 73.4 Å². The van der Waals surface area contributed by atoms with Crippen LogP contribution in [0.4, 0.5) is 5.69 Å². The van der Waals surface area contributed by atoms with Crippen LogP contribution in [0.2, 0.25) is 0 Å². The minimum atomic E-state index is -0.281. The summed E-state index contributed by atoms with van der Waals surface area (Å²) < 4.78 is 1.77. The van der Waals surface area contributed by atoms with E-state index < -0.39 is 0 Å². The average Bonchev–Trinajstić information content (AvgIpc) is 2.34. The molecule has 1 heterocycles. The van der Waals surface area contributed by atoms with E-state index in [4.69, 9.17) is 5.11 Å². The summed E-state index contributed by atoms with van der Waals surface area (Å²) in [5.41, 5.74) is 0.925. The first-order valence-electron chi connectivity index (χ1n) is 5.35. The zero-order chi connectivity index (χ0) is 13.1. The van der Waals surface area contributed by atoms with Crippen molar-refractivity contribution in [1.29, 1.82) is 0 Å². The van der Waals surface area contributed by atoms with Crippen molar-refractivity contribution in [3.63, 3.8) is 0 Å². The third kappa shape index (κ3) is 2.57. The molecule has 92 valence electrons. The van der Waals surface area contributed by atoms with Crippen molar-refractivity contribution < 1.29 is 19.6 Å². The van der Waals surface area contributed by atoms with Crippen LogP contribution in [0.25, 0.3) is 0 Å². The molecule has 0 saturated carbocycles. The number of pyridine rings is 1. The Morgan fingerprint density at radius 1 is 1.22 bits per heavy atom. The van der Waals surface area contributed by atoms with Gasteiger partial charge in [-0.2, -0.15) is 0 Å². The minimum absolute atomic E-state index is 0.223. The Kier molecular flexibility index (Phi) is 3.14. The Bertz CT molecular complexity index is 597. The van der Waals surface area contributed by atoms with Crippen LogP contribution in [0.3, 0.4) is 0 Å². The molecule has 2 aromatic rings. The number of hydrogen-bond acceptors (Lipinski definition) is 3. The SMILES string of the molecule is C[n+]1cccc(C(=O)Nc2ccc(O)c(O)c2)c1.